The number of pyridine rings is 1. The molecule has 0 aliphatic rings. The Morgan fingerprint density at radius 2 is 2.44 bits per heavy atom. The van der Waals surface area contributed by atoms with Gasteiger partial charge in [0.05, 0.1) is 11.5 Å². The van der Waals surface area contributed by atoms with Gasteiger partial charge in [-0.1, -0.05) is 11.0 Å². The maximum atomic E-state index is 10.5. The summed E-state index contributed by atoms with van der Waals surface area (Å²) < 4.78 is 0. The van der Waals surface area contributed by atoms with Crippen molar-refractivity contribution in [1.29, 1.82) is 0 Å². The Morgan fingerprint density at radius 1 is 1.69 bits per heavy atom. The number of nitro groups is 1. The zero-order valence-electron chi connectivity index (χ0n) is 8.41. The number of rotatable bonds is 2. The number of hydrogen-bond donors (Lipinski definition) is 0. The smallest absolute Gasteiger partial charge is 0.258 e. The molecule has 0 saturated heterocycles. The van der Waals surface area contributed by atoms with Crippen LogP contribution in [0.25, 0.3) is 10.4 Å². The molecule has 16 heavy (non-hydrogen) atoms. The van der Waals surface area contributed by atoms with Crippen LogP contribution in [-0.4, -0.2) is 16.5 Å². The molecule has 0 spiro atoms. The number of nitrogens with zero attached hydrogens (tertiary/aromatic N) is 5. The summed E-state index contributed by atoms with van der Waals surface area (Å²) in [5, 5.41) is 13.7. The van der Waals surface area contributed by atoms with E-state index >= 15 is 0 Å². The fourth-order valence-electron chi connectivity index (χ4n) is 1.01. The van der Waals surface area contributed by atoms with Crippen molar-refractivity contribution in [3.8, 4) is 11.8 Å². The summed E-state index contributed by atoms with van der Waals surface area (Å²) in [6.07, 6.45) is 0. The van der Waals surface area contributed by atoms with Crippen molar-refractivity contribution in [2.75, 3.05) is 6.54 Å². The average Bonchev–Trinajstić information content (AvgIpc) is 2.24. The van der Waals surface area contributed by atoms with Crippen molar-refractivity contribution in [3.63, 3.8) is 0 Å². The van der Waals surface area contributed by atoms with E-state index in [4.69, 9.17) is 5.53 Å². The molecule has 0 atom stereocenters. The average molecular weight is 217 g/mol. The van der Waals surface area contributed by atoms with E-state index in [0.29, 0.717) is 11.4 Å². The first kappa shape index (κ1) is 11.5. The van der Waals surface area contributed by atoms with Gasteiger partial charge in [0.2, 0.25) is 0 Å². The van der Waals surface area contributed by atoms with E-state index in [2.05, 4.69) is 26.9 Å². The maximum Gasteiger partial charge on any atom is 0.290 e. The number of azide groups is 1. The second kappa shape index (κ2) is 5.34. The molecule has 0 amide bonds. The maximum absolute atomic E-state index is 10.5. The molecule has 0 radical (unpaired) electrons. The van der Waals surface area contributed by atoms with E-state index in [0.717, 1.165) is 0 Å². The fourth-order valence-corrected chi connectivity index (χ4v) is 1.01. The summed E-state index contributed by atoms with van der Waals surface area (Å²) in [4.78, 5) is 16.5. The van der Waals surface area contributed by atoms with Gasteiger partial charge < -0.3 is 0 Å². The molecule has 7 nitrogen and oxygen atoms in total. The Hall–Kier alpha value is -2.58. The van der Waals surface area contributed by atoms with Gasteiger partial charge in [0.15, 0.2) is 0 Å². The predicted octanol–water partition coefficient (Wildman–Crippen LogP) is 1.96. The molecule has 0 aliphatic heterocycles. The lowest BCUT2D eigenvalue weighted by molar-refractivity contribution is -0.385. The molecular formula is C9H7N5O2. The largest absolute Gasteiger partial charge is 0.290 e. The standard InChI is InChI=1S/C9H7N5O2/c1-7-9(14(15)16)5-4-8(12-7)3-2-6-11-13-10/h4-5H,6H2,1H3. The lowest BCUT2D eigenvalue weighted by Gasteiger charge is -1.95. The van der Waals surface area contributed by atoms with Crippen LogP contribution in [0.4, 0.5) is 5.69 Å². The van der Waals surface area contributed by atoms with Gasteiger partial charge >= 0.3 is 0 Å². The van der Waals surface area contributed by atoms with Crippen molar-refractivity contribution in [1.82, 2.24) is 4.98 Å². The summed E-state index contributed by atoms with van der Waals surface area (Å²) in [5.41, 5.74) is 8.68. The lowest BCUT2D eigenvalue weighted by atomic mass is 10.2. The molecule has 0 N–H and O–H groups in total. The van der Waals surface area contributed by atoms with Gasteiger partial charge in [-0.2, -0.15) is 0 Å². The molecule has 0 bridgehead atoms. The molecule has 7 heteroatoms. The van der Waals surface area contributed by atoms with Gasteiger partial charge in [-0.05, 0) is 24.4 Å². The Morgan fingerprint density at radius 3 is 3.00 bits per heavy atom. The lowest BCUT2D eigenvalue weighted by Crippen LogP contribution is -1.95. The molecule has 0 aromatic carbocycles. The molecule has 80 valence electrons. The SMILES string of the molecule is Cc1nc(C#CCN=[N+]=[N-])ccc1[N+](=O)[O-]. The van der Waals surface area contributed by atoms with Crippen molar-refractivity contribution in [2.45, 2.75) is 6.92 Å². The van der Waals surface area contributed by atoms with Crippen molar-refractivity contribution in [2.24, 2.45) is 5.11 Å². The molecule has 0 saturated carbocycles. The van der Waals surface area contributed by atoms with Crippen LogP contribution < -0.4 is 0 Å². The Balaban J connectivity index is 2.92. The third-order valence-electron chi connectivity index (χ3n) is 1.68. The molecule has 0 unspecified atom stereocenters. The Kier molecular flexibility index (Phi) is 3.83. The third-order valence-corrected chi connectivity index (χ3v) is 1.68. The number of aromatic nitrogens is 1. The number of aryl methyl sites for hydroxylation is 1. The van der Waals surface area contributed by atoms with Gasteiger partial charge in [-0.15, -0.1) is 0 Å². The van der Waals surface area contributed by atoms with Crippen molar-refractivity contribution in [3.05, 3.63) is 44.1 Å². The zero-order valence-corrected chi connectivity index (χ0v) is 8.41. The van der Waals surface area contributed by atoms with Crippen LogP contribution >= 0.6 is 0 Å². The van der Waals surface area contributed by atoms with Gasteiger partial charge in [0, 0.05) is 11.0 Å². The van der Waals surface area contributed by atoms with E-state index in [1.807, 2.05) is 0 Å². The summed E-state index contributed by atoms with van der Waals surface area (Å²) in [6, 6.07) is 2.80. The zero-order chi connectivity index (χ0) is 12.0. The van der Waals surface area contributed by atoms with Crippen molar-refractivity contribution >= 4 is 5.69 Å². The Labute approximate surface area is 90.9 Å². The highest BCUT2D eigenvalue weighted by molar-refractivity contribution is 5.39. The van der Waals surface area contributed by atoms with E-state index in [-0.39, 0.29) is 12.2 Å². The molecule has 1 heterocycles. The monoisotopic (exact) mass is 217 g/mol. The summed E-state index contributed by atoms with van der Waals surface area (Å²) in [5.74, 6) is 5.21. The van der Waals surface area contributed by atoms with Gasteiger partial charge in [0.1, 0.15) is 11.4 Å². The fraction of sp³-hybridized carbons (Fsp3) is 0.222. The van der Waals surface area contributed by atoms with Crippen LogP contribution in [0.15, 0.2) is 17.2 Å². The summed E-state index contributed by atoms with van der Waals surface area (Å²) >= 11 is 0. The van der Waals surface area contributed by atoms with Crippen LogP contribution in [0.2, 0.25) is 0 Å². The highest BCUT2D eigenvalue weighted by Crippen LogP contribution is 2.14. The van der Waals surface area contributed by atoms with Crippen LogP contribution in [0.5, 0.6) is 0 Å². The highest BCUT2D eigenvalue weighted by atomic mass is 16.6. The topological polar surface area (TPSA) is 105 Å². The number of hydrogen-bond acceptors (Lipinski definition) is 4. The minimum atomic E-state index is -0.500. The molecular weight excluding hydrogens is 210 g/mol. The van der Waals surface area contributed by atoms with Crippen molar-refractivity contribution < 1.29 is 4.92 Å². The van der Waals surface area contributed by atoms with E-state index in [9.17, 15) is 10.1 Å². The quantitative estimate of drug-likeness (QED) is 0.189. The first-order valence-corrected chi connectivity index (χ1v) is 4.27. The van der Waals surface area contributed by atoms with Crippen LogP contribution in [0.3, 0.4) is 0 Å². The molecule has 1 rings (SSSR count). The van der Waals surface area contributed by atoms with Gasteiger partial charge in [-0.25, -0.2) is 4.98 Å². The summed E-state index contributed by atoms with van der Waals surface area (Å²) in [6.45, 7) is 1.59. The molecule has 0 fully saturated rings. The minimum Gasteiger partial charge on any atom is -0.258 e. The molecule has 1 aromatic heterocycles. The van der Waals surface area contributed by atoms with Crippen LogP contribution in [0, 0.1) is 28.9 Å². The molecule has 1 aromatic rings. The summed E-state index contributed by atoms with van der Waals surface area (Å²) in [7, 11) is 0. The third kappa shape index (κ3) is 2.97. The molecule has 0 aliphatic carbocycles. The van der Waals surface area contributed by atoms with Crippen LogP contribution in [-0.2, 0) is 0 Å². The van der Waals surface area contributed by atoms with Crippen LogP contribution in [0.1, 0.15) is 11.4 Å². The predicted molar refractivity (Wildman–Crippen MR) is 56.5 cm³/mol. The van der Waals surface area contributed by atoms with Gasteiger partial charge in [0.25, 0.3) is 5.69 Å². The van der Waals surface area contributed by atoms with E-state index < -0.39 is 4.92 Å². The second-order valence-electron chi connectivity index (χ2n) is 2.75. The van der Waals surface area contributed by atoms with Gasteiger partial charge in [-0.3, -0.25) is 10.1 Å². The first-order valence-electron chi connectivity index (χ1n) is 4.27. The second-order valence-corrected chi connectivity index (χ2v) is 2.75. The van der Waals surface area contributed by atoms with E-state index in [1.54, 1.807) is 0 Å². The first-order chi connectivity index (χ1) is 7.65. The van der Waals surface area contributed by atoms with E-state index in [1.165, 1.54) is 19.1 Å². The minimum absolute atomic E-state index is 0.0411. The Bertz CT molecular complexity index is 522. The normalized spacial score (nSPS) is 8.56. The highest BCUT2D eigenvalue weighted by Gasteiger charge is 2.10.